The van der Waals surface area contributed by atoms with E-state index in [1.165, 1.54) is 6.33 Å². The molecule has 0 bridgehead atoms. The molecule has 1 saturated heterocycles. The van der Waals surface area contributed by atoms with Gasteiger partial charge in [0.05, 0.1) is 4.92 Å². The normalized spacial score (nSPS) is 16.0. The van der Waals surface area contributed by atoms with Gasteiger partial charge in [-0.15, -0.1) is 0 Å². The maximum atomic E-state index is 11.4. The van der Waals surface area contributed by atoms with Gasteiger partial charge in [0, 0.05) is 19.6 Å². The van der Waals surface area contributed by atoms with E-state index in [0.29, 0.717) is 24.1 Å². The number of nitrogens with one attached hydrogen (secondary N) is 1. The summed E-state index contributed by atoms with van der Waals surface area (Å²) >= 11 is 0. The van der Waals surface area contributed by atoms with Crippen molar-refractivity contribution >= 4 is 17.3 Å². The average Bonchev–Trinajstić information content (AvgIpc) is 2.48. The maximum absolute atomic E-state index is 11.4. The molecule has 1 aromatic heterocycles. The van der Waals surface area contributed by atoms with E-state index in [1.54, 1.807) is 0 Å². The SMILES string of the molecule is CCCCNc1ncnc(N2CCC(C)CC2)c1[N+](=O)[O-]. The summed E-state index contributed by atoms with van der Waals surface area (Å²) in [4.78, 5) is 21.3. The molecule has 1 aliphatic heterocycles. The number of nitrogens with zero attached hydrogens (tertiary/aromatic N) is 4. The van der Waals surface area contributed by atoms with E-state index in [1.807, 2.05) is 4.90 Å². The molecular weight excluding hydrogens is 270 g/mol. The molecule has 7 nitrogen and oxygen atoms in total. The molecule has 0 atom stereocenters. The molecule has 0 radical (unpaired) electrons. The van der Waals surface area contributed by atoms with Crippen molar-refractivity contribution in [1.82, 2.24) is 9.97 Å². The van der Waals surface area contributed by atoms with E-state index >= 15 is 0 Å². The van der Waals surface area contributed by atoms with Crippen molar-refractivity contribution in [3.05, 3.63) is 16.4 Å². The van der Waals surface area contributed by atoms with Gasteiger partial charge < -0.3 is 10.2 Å². The molecule has 116 valence electrons. The van der Waals surface area contributed by atoms with E-state index in [2.05, 4.69) is 29.1 Å². The minimum absolute atomic E-state index is 0.00292. The molecule has 1 N–H and O–H groups in total. The molecule has 0 spiro atoms. The van der Waals surface area contributed by atoms with Gasteiger partial charge in [0.15, 0.2) is 0 Å². The second-order valence-corrected chi connectivity index (χ2v) is 5.60. The van der Waals surface area contributed by atoms with Gasteiger partial charge in [-0.3, -0.25) is 10.1 Å². The second-order valence-electron chi connectivity index (χ2n) is 5.60. The molecule has 0 aliphatic carbocycles. The first-order valence-electron chi connectivity index (χ1n) is 7.61. The monoisotopic (exact) mass is 293 g/mol. The molecular formula is C14H23N5O2. The van der Waals surface area contributed by atoms with Gasteiger partial charge in [-0.2, -0.15) is 0 Å². The van der Waals surface area contributed by atoms with Gasteiger partial charge >= 0.3 is 5.69 Å². The van der Waals surface area contributed by atoms with E-state index in [9.17, 15) is 10.1 Å². The molecule has 1 fully saturated rings. The molecule has 0 amide bonds. The van der Waals surface area contributed by atoms with Crippen molar-refractivity contribution in [3.63, 3.8) is 0 Å². The van der Waals surface area contributed by atoms with Crippen LogP contribution < -0.4 is 10.2 Å². The summed E-state index contributed by atoms with van der Waals surface area (Å²) in [6.07, 6.45) is 5.48. The van der Waals surface area contributed by atoms with E-state index in [4.69, 9.17) is 0 Å². The molecule has 7 heteroatoms. The second kappa shape index (κ2) is 7.19. The van der Waals surface area contributed by atoms with E-state index < -0.39 is 0 Å². The van der Waals surface area contributed by atoms with Crippen LogP contribution in [-0.2, 0) is 0 Å². The Labute approximate surface area is 124 Å². The minimum Gasteiger partial charge on any atom is -0.364 e. The lowest BCUT2D eigenvalue weighted by atomic mass is 9.99. The largest absolute Gasteiger partial charge is 0.364 e. The van der Waals surface area contributed by atoms with Crippen LogP contribution in [0.15, 0.2) is 6.33 Å². The number of piperidine rings is 1. The molecule has 1 aromatic rings. The fraction of sp³-hybridized carbons (Fsp3) is 0.714. The van der Waals surface area contributed by atoms with Gasteiger partial charge in [-0.25, -0.2) is 9.97 Å². The number of rotatable bonds is 6. The first-order chi connectivity index (χ1) is 10.1. The van der Waals surface area contributed by atoms with Crippen molar-refractivity contribution in [2.24, 2.45) is 5.92 Å². The lowest BCUT2D eigenvalue weighted by molar-refractivity contribution is -0.383. The Kier molecular flexibility index (Phi) is 5.30. The van der Waals surface area contributed by atoms with Crippen LogP contribution >= 0.6 is 0 Å². The molecule has 0 unspecified atom stereocenters. The number of aromatic nitrogens is 2. The Hall–Kier alpha value is -1.92. The third kappa shape index (κ3) is 3.80. The fourth-order valence-corrected chi connectivity index (χ4v) is 2.50. The zero-order valence-corrected chi connectivity index (χ0v) is 12.7. The highest BCUT2D eigenvalue weighted by Crippen LogP contribution is 2.33. The Balaban J connectivity index is 2.23. The predicted octanol–water partition coefficient (Wildman–Crippen LogP) is 2.83. The van der Waals surface area contributed by atoms with Crippen LogP contribution in [0.25, 0.3) is 0 Å². The van der Waals surface area contributed by atoms with Crippen molar-refractivity contribution in [2.45, 2.75) is 39.5 Å². The van der Waals surface area contributed by atoms with Gasteiger partial charge in [0.1, 0.15) is 6.33 Å². The van der Waals surface area contributed by atoms with Gasteiger partial charge in [0.25, 0.3) is 0 Å². The van der Waals surface area contributed by atoms with Crippen molar-refractivity contribution < 1.29 is 4.92 Å². The van der Waals surface area contributed by atoms with Crippen LogP contribution in [0.2, 0.25) is 0 Å². The molecule has 2 rings (SSSR count). The van der Waals surface area contributed by atoms with Crippen LogP contribution in [0.5, 0.6) is 0 Å². The Bertz CT molecular complexity index is 486. The Morgan fingerprint density at radius 3 is 2.76 bits per heavy atom. The standard InChI is InChI=1S/C14H23N5O2/c1-3-4-7-15-13-12(19(20)21)14(17-10-16-13)18-8-5-11(2)6-9-18/h10-11H,3-9H2,1-2H3,(H,15,16,17). The summed E-state index contributed by atoms with van der Waals surface area (Å²) in [5.74, 6) is 1.45. The van der Waals surface area contributed by atoms with Gasteiger partial charge in [-0.05, 0) is 25.2 Å². The maximum Gasteiger partial charge on any atom is 0.353 e. The van der Waals surface area contributed by atoms with Crippen molar-refractivity contribution in [2.75, 3.05) is 29.9 Å². The van der Waals surface area contributed by atoms with E-state index in [-0.39, 0.29) is 10.6 Å². The van der Waals surface area contributed by atoms with Crippen LogP contribution in [0, 0.1) is 16.0 Å². The minimum atomic E-state index is -0.373. The molecule has 0 saturated carbocycles. The highest BCUT2D eigenvalue weighted by atomic mass is 16.6. The van der Waals surface area contributed by atoms with Crippen molar-refractivity contribution in [1.29, 1.82) is 0 Å². The zero-order chi connectivity index (χ0) is 15.2. The third-order valence-corrected chi connectivity index (χ3v) is 3.89. The van der Waals surface area contributed by atoms with Crippen LogP contribution in [0.4, 0.5) is 17.3 Å². The van der Waals surface area contributed by atoms with Crippen molar-refractivity contribution in [3.8, 4) is 0 Å². The number of nitro groups is 1. The first kappa shape index (κ1) is 15.5. The summed E-state index contributed by atoms with van der Waals surface area (Å²) in [5, 5.41) is 14.5. The predicted molar refractivity (Wildman–Crippen MR) is 82.7 cm³/mol. The summed E-state index contributed by atoms with van der Waals surface area (Å²) in [6.45, 7) is 6.60. The highest BCUT2D eigenvalue weighted by Gasteiger charge is 2.28. The molecule has 21 heavy (non-hydrogen) atoms. The number of unbranched alkanes of at least 4 members (excludes halogenated alkanes) is 1. The van der Waals surface area contributed by atoms with E-state index in [0.717, 1.165) is 38.8 Å². The Morgan fingerprint density at radius 1 is 1.43 bits per heavy atom. The smallest absolute Gasteiger partial charge is 0.353 e. The summed E-state index contributed by atoms with van der Waals surface area (Å²) in [7, 11) is 0. The average molecular weight is 293 g/mol. The molecule has 1 aliphatic rings. The fourth-order valence-electron chi connectivity index (χ4n) is 2.50. The topological polar surface area (TPSA) is 84.2 Å². The third-order valence-electron chi connectivity index (χ3n) is 3.89. The lowest BCUT2D eigenvalue weighted by Gasteiger charge is -2.30. The number of hydrogen-bond donors (Lipinski definition) is 1. The van der Waals surface area contributed by atoms with Gasteiger partial charge in [0.2, 0.25) is 11.6 Å². The lowest BCUT2D eigenvalue weighted by Crippen LogP contribution is -2.34. The van der Waals surface area contributed by atoms with Crippen LogP contribution in [0.3, 0.4) is 0 Å². The highest BCUT2D eigenvalue weighted by molar-refractivity contribution is 5.70. The number of anilines is 2. The number of hydrogen-bond acceptors (Lipinski definition) is 6. The van der Waals surface area contributed by atoms with Crippen LogP contribution in [0.1, 0.15) is 39.5 Å². The summed E-state index contributed by atoms with van der Waals surface area (Å²) in [5.41, 5.74) is 0.00292. The summed E-state index contributed by atoms with van der Waals surface area (Å²) in [6, 6.07) is 0. The van der Waals surface area contributed by atoms with Crippen LogP contribution in [-0.4, -0.2) is 34.5 Å². The zero-order valence-electron chi connectivity index (χ0n) is 12.7. The van der Waals surface area contributed by atoms with Gasteiger partial charge in [-0.1, -0.05) is 20.3 Å². The Morgan fingerprint density at radius 2 is 2.14 bits per heavy atom. The molecule has 0 aromatic carbocycles. The quantitative estimate of drug-likeness (QED) is 0.493. The summed E-state index contributed by atoms with van der Waals surface area (Å²) < 4.78 is 0. The molecule has 2 heterocycles. The first-order valence-corrected chi connectivity index (χ1v) is 7.61.